The van der Waals surface area contributed by atoms with E-state index in [1.54, 1.807) is 0 Å². The molecule has 4 fully saturated rings. The van der Waals surface area contributed by atoms with Crippen molar-refractivity contribution in [2.24, 2.45) is 11.8 Å². The fourth-order valence-electron chi connectivity index (χ4n) is 11.4. The number of hydrogen-bond acceptors (Lipinski definition) is 4. The second-order valence-electron chi connectivity index (χ2n) is 17.1. The first-order chi connectivity index (χ1) is 28.5. The average molecular weight is 747 g/mol. The van der Waals surface area contributed by atoms with Crippen LogP contribution < -0.4 is 0 Å². The highest BCUT2D eigenvalue weighted by Gasteiger charge is 2.58. The molecule has 2 unspecified atom stereocenters. The summed E-state index contributed by atoms with van der Waals surface area (Å²) in [5.41, 5.74) is 11.9. The lowest BCUT2D eigenvalue weighted by molar-refractivity contribution is -0.0281. The Morgan fingerprint density at radius 1 is 0.414 bits per heavy atom. The van der Waals surface area contributed by atoms with Crippen LogP contribution in [0.1, 0.15) is 55.2 Å². The van der Waals surface area contributed by atoms with Gasteiger partial charge >= 0.3 is 0 Å². The molecule has 4 aliphatic rings. The standard InChI is InChI=1S/C54H42N4/c55-34-36-15-17-39(18-16-36)40-19-23-44(24-20-40)53-30-37-29-38(31-53)33-54(32-37,35-53)45-25-21-41(22-26-45)46-27-28-49(48-14-8-7-13-47(46)48)52-57-50(42-9-3-1-4-10-42)56-51(58-52)43-11-5-2-6-12-43/h1-28,37-38H,29-33,35H2. The molecule has 58 heavy (non-hydrogen) atoms. The Bertz CT molecular complexity index is 2770. The van der Waals surface area contributed by atoms with E-state index in [1.807, 2.05) is 48.5 Å². The molecule has 0 N–H and O–H groups in total. The topological polar surface area (TPSA) is 62.5 Å². The average Bonchev–Trinajstić information content (AvgIpc) is 3.29. The number of rotatable bonds is 7. The first-order valence-electron chi connectivity index (χ1n) is 20.7. The normalized spacial score (nSPS) is 21.8. The summed E-state index contributed by atoms with van der Waals surface area (Å²) >= 11 is 0. The molecule has 0 spiro atoms. The van der Waals surface area contributed by atoms with Crippen molar-refractivity contribution in [3.05, 3.63) is 187 Å². The summed E-state index contributed by atoms with van der Waals surface area (Å²) in [5, 5.41) is 11.6. The minimum atomic E-state index is 0.214. The van der Waals surface area contributed by atoms with E-state index in [2.05, 4.69) is 127 Å². The van der Waals surface area contributed by atoms with Gasteiger partial charge in [0.15, 0.2) is 17.5 Å². The van der Waals surface area contributed by atoms with E-state index in [0.717, 1.165) is 39.5 Å². The molecule has 1 heterocycles. The molecule has 12 rings (SSSR count). The predicted octanol–water partition coefficient (Wildman–Crippen LogP) is 13.0. The summed E-state index contributed by atoms with van der Waals surface area (Å²) in [4.78, 5) is 15.1. The Morgan fingerprint density at radius 2 is 0.845 bits per heavy atom. The van der Waals surface area contributed by atoms with Gasteiger partial charge in [0.2, 0.25) is 0 Å². The number of benzene rings is 7. The lowest BCUT2D eigenvalue weighted by Gasteiger charge is -2.63. The Kier molecular flexibility index (Phi) is 8.19. The highest BCUT2D eigenvalue weighted by atomic mass is 15.0. The molecule has 4 nitrogen and oxygen atoms in total. The largest absolute Gasteiger partial charge is 0.208 e. The fourth-order valence-corrected chi connectivity index (χ4v) is 11.4. The lowest BCUT2D eigenvalue weighted by Crippen LogP contribution is -2.55. The summed E-state index contributed by atoms with van der Waals surface area (Å²) < 4.78 is 0. The van der Waals surface area contributed by atoms with Crippen molar-refractivity contribution in [1.29, 1.82) is 5.26 Å². The van der Waals surface area contributed by atoms with Crippen LogP contribution in [0.5, 0.6) is 0 Å². The molecule has 1 aromatic heterocycles. The molecule has 0 amide bonds. The third-order valence-electron chi connectivity index (χ3n) is 13.6. The molecular formula is C54H42N4. The molecule has 8 aromatic rings. The quantitative estimate of drug-likeness (QED) is 0.163. The number of nitriles is 1. The maximum atomic E-state index is 9.25. The summed E-state index contributed by atoms with van der Waals surface area (Å²) in [6, 6.07) is 62.7. The zero-order valence-electron chi connectivity index (χ0n) is 32.4. The van der Waals surface area contributed by atoms with Crippen LogP contribution in [0.2, 0.25) is 0 Å². The Labute approximate surface area is 340 Å². The molecule has 7 aromatic carbocycles. The molecule has 4 aliphatic carbocycles. The van der Waals surface area contributed by atoms with Crippen LogP contribution in [-0.2, 0) is 10.8 Å². The van der Waals surface area contributed by atoms with Crippen molar-refractivity contribution in [2.45, 2.75) is 49.4 Å². The second kappa shape index (κ2) is 13.7. The van der Waals surface area contributed by atoms with Crippen LogP contribution in [0.3, 0.4) is 0 Å². The third-order valence-corrected chi connectivity index (χ3v) is 13.6. The van der Waals surface area contributed by atoms with E-state index < -0.39 is 0 Å². The molecule has 0 radical (unpaired) electrons. The zero-order valence-corrected chi connectivity index (χ0v) is 32.4. The Hall–Kier alpha value is -6.70. The second-order valence-corrected chi connectivity index (χ2v) is 17.1. The number of fused-ring (bicyclic) bond motifs is 1. The van der Waals surface area contributed by atoms with E-state index in [4.69, 9.17) is 15.0 Å². The molecule has 4 bridgehead atoms. The molecule has 4 heteroatoms. The van der Waals surface area contributed by atoms with Crippen LogP contribution in [0, 0.1) is 23.2 Å². The van der Waals surface area contributed by atoms with Gasteiger partial charge in [-0.1, -0.05) is 152 Å². The van der Waals surface area contributed by atoms with Gasteiger partial charge in [-0.05, 0) is 124 Å². The molecule has 0 aliphatic heterocycles. The molecule has 0 saturated heterocycles. The molecule has 278 valence electrons. The first-order valence-corrected chi connectivity index (χ1v) is 20.7. The van der Waals surface area contributed by atoms with Gasteiger partial charge in [-0.3, -0.25) is 0 Å². The molecule has 2 atom stereocenters. The van der Waals surface area contributed by atoms with Gasteiger partial charge in [0.05, 0.1) is 11.6 Å². The van der Waals surface area contributed by atoms with Gasteiger partial charge in [0, 0.05) is 16.7 Å². The number of nitrogens with zero attached hydrogens (tertiary/aromatic N) is 4. The van der Waals surface area contributed by atoms with E-state index in [-0.39, 0.29) is 10.8 Å². The number of hydrogen-bond donors (Lipinski definition) is 0. The maximum absolute atomic E-state index is 9.25. The van der Waals surface area contributed by atoms with Gasteiger partial charge in [0.1, 0.15) is 0 Å². The SMILES string of the molecule is N#Cc1ccc(-c2ccc(C34CC5CC(C3)CC(c3ccc(-c6ccc(-c7nc(-c8ccccc8)nc(-c8ccccc8)n7)c7ccccc67)cc3)(C5)C4)cc2)cc1. The van der Waals surface area contributed by atoms with Gasteiger partial charge in [-0.2, -0.15) is 5.26 Å². The number of aromatic nitrogens is 3. The Balaban J connectivity index is 0.925. The summed E-state index contributed by atoms with van der Waals surface area (Å²) in [5.74, 6) is 3.55. The van der Waals surface area contributed by atoms with Crippen molar-refractivity contribution >= 4 is 10.8 Å². The van der Waals surface area contributed by atoms with Crippen molar-refractivity contribution in [3.8, 4) is 62.5 Å². The van der Waals surface area contributed by atoms with Crippen LogP contribution in [0.15, 0.2) is 170 Å². The van der Waals surface area contributed by atoms with Gasteiger partial charge in [-0.25, -0.2) is 15.0 Å². The first kappa shape index (κ1) is 34.5. The molecular weight excluding hydrogens is 705 g/mol. The van der Waals surface area contributed by atoms with Crippen LogP contribution in [-0.4, -0.2) is 15.0 Å². The van der Waals surface area contributed by atoms with Gasteiger partial charge in [0.25, 0.3) is 0 Å². The van der Waals surface area contributed by atoms with E-state index in [0.29, 0.717) is 23.0 Å². The van der Waals surface area contributed by atoms with E-state index in [9.17, 15) is 5.26 Å². The van der Waals surface area contributed by atoms with Crippen molar-refractivity contribution in [3.63, 3.8) is 0 Å². The van der Waals surface area contributed by atoms with Crippen LogP contribution in [0.4, 0.5) is 0 Å². The molecule has 4 saturated carbocycles. The van der Waals surface area contributed by atoms with Crippen LogP contribution in [0.25, 0.3) is 67.2 Å². The fraction of sp³-hybridized carbons (Fsp3) is 0.185. The van der Waals surface area contributed by atoms with Crippen molar-refractivity contribution in [2.75, 3.05) is 0 Å². The highest BCUT2D eigenvalue weighted by molar-refractivity contribution is 6.04. The third kappa shape index (κ3) is 5.93. The van der Waals surface area contributed by atoms with Gasteiger partial charge in [-0.15, -0.1) is 0 Å². The van der Waals surface area contributed by atoms with Gasteiger partial charge < -0.3 is 0 Å². The Morgan fingerprint density at radius 3 is 1.36 bits per heavy atom. The summed E-state index contributed by atoms with van der Waals surface area (Å²) in [6.45, 7) is 0. The van der Waals surface area contributed by atoms with E-state index in [1.165, 1.54) is 71.7 Å². The lowest BCUT2D eigenvalue weighted by atomic mass is 9.41. The zero-order chi connectivity index (χ0) is 38.7. The predicted molar refractivity (Wildman–Crippen MR) is 234 cm³/mol. The smallest absolute Gasteiger partial charge is 0.164 e. The summed E-state index contributed by atoms with van der Waals surface area (Å²) in [6.07, 6.45) is 7.81. The van der Waals surface area contributed by atoms with Crippen LogP contribution >= 0.6 is 0 Å². The summed E-state index contributed by atoms with van der Waals surface area (Å²) in [7, 11) is 0. The maximum Gasteiger partial charge on any atom is 0.164 e. The minimum absolute atomic E-state index is 0.214. The monoisotopic (exact) mass is 746 g/mol. The highest BCUT2D eigenvalue weighted by Crippen LogP contribution is 2.66. The van der Waals surface area contributed by atoms with E-state index >= 15 is 0 Å². The van der Waals surface area contributed by atoms with Crippen molar-refractivity contribution in [1.82, 2.24) is 15.0 Å². The van der Waals surface area contributed by atoms with Crippen molar-refractivity contribution < 1.29 is 0 Å². The minimum Gasteiger partial charge on any atom is -0.208 e.